The number of benzene rings is 3. The summed E-state index contributed by atoms with van der Waals surface area (Å²) in [5, 5.41) is 0. The van der Waals surface area contributed by atoms with Crippen molar-refractivity contribution in [2.24, 2.45) is 4.99 Å². The summed E-state index contributed by atoms with van der Waals surface area (Å²) in [4.78, 5) is 16.5. The van der Waals surface area contributed by atoms with Crippen LogP contribution in [0.25, 0.3) is 12.2 Å². The third kappa shape index (κ3) is 5.28. The maximum absolute atomic E-state index is 12.2. The van der Waals surface area contributed by atoms with Crippen molar-refractivity contribution in [3.8, 4) is 11.5 Å². The van der Waals surface area contributed by atoms with Crippen LogP contribution in [0.5, 0.6) is 11.5 Å². The molecular weight excluding hydrogens is 390 g/mol. The minimum absolute atomic E-state index is 0.229. The van der Waals surface area contributed by atoms with E-state index in [0.717, 1.165) is 16.7 Å². The number of rotatable bonds is 7. The number of carbonyl (C=O) groups is 1. The molecule has 0 saturated heterocycles. The van der Waals surface area contributed by atoms with E-state index in [9.17, 15) is 4.79 Å². The number of esters is 1. The van der Waals surface area contributed by atoms with E-state index in [1.165, 1.54) is 0 Å². The maximum Gasteiger partial charge on any atom is 0.363 e. The summed E-state index contributed by atoms with van der Waals surface area (Å²) in [6, 6.07) is 25.1. The van der Waals surface area contributed by atoms with Gasteiger partial charge in [-0.3, -0.25) is 0 Å². The van der Waals surface area contributed by atoms with Gasteiger partial charge in [-0.1, -0.05) is 66.7 Å². The molecule has 154 valence electrons. The van der Waals surface area contributed by atoms with Gasteiger partial charge >= 0.3 is 5.97 Å². The third-order valence-electron chi connectivity index (χ3n) is 4.58. The fraction of sp³-hybridized carbons (Fsp3) is 0.0769. The van der Waals surface area contributed by atoms with Crippen molar-refractivity contribution in [2.75, 3.05) is 7.11 Å². The van der Waals surface area contributed by atoms with Crippen molar-refractivity contribution in [1.29, 1.82) is 0 Å². The van der Waals surface area contributed by atoms with Crippen molar-refractivity contribution in [3.05, 3.63) is 107 Å². The highest BCUT2D eigenvalue weighted by molar-refractivity contribution is 6.11. The Balaban J connectivity index is 1.49. The van der Waals surface area contributed by atoms with Crippen LogP contribution in [0.2, 0.25) is 0 Å². The van der Waals surface area contributed by atoms with E-state index in [-0.39, 0.29) is 11.6 Å². The Morgan fingerprint density at radius 1 is 0.871 bits per heavy atom. The lowest BCUT2D eigenvalue weighted by atomic mass is 10.1. The van der Waals surface area contributed by atoms with Crippen LogP contribution >= 0.6 is 0 Å². The Morgan fingerprint density at radius 2 is 1.61 bits per heavy atom. The Hall–Kier alpha value is -4.12. The maximum atomic E-state index is 12.2. The van der Waals surface area contributed by atoms with E-state index in [0.29, 0.717) is 18.1 Å². The molecule has 0 aliphatic carbocycles. The van der Waals surface area contributed by atoms with Crippen LogP contribution in [0.1, 0.15) is 16.7 Å². The van der Waals surface area contributed by atoms with Gasteiger partial charge in [-0.2, -0.15) is 0 Å². The van der Waals surface area contributed by atoms with E-state index in [1.807, 2.05) is 78.9 Å². The molecule has 0 atom stereocenters. The Kier molecular flexibility index (Phi) is 6.24. The van der Waals surface area contributed by atoms with Gasteiger partial charge in [0.2, 0.25) is 5.90 Å². The molecule has 0 spiro atoms. The minimum atomic E-state index is -0.490. The van der Waals surface area contributed by atoms with E-state index in [4.69, 9.17) is 14.2 Å². The largest absolute Gasteiger partial charge is 0.493 e. The van der Waals surface area contributed by atoms with Gasteiger partial charge in [0.1, 0.15) is 6.61 Å². The Morgan fingerprint density at radius 3 is 2.35 bits per heavy atom. The van der Waals surface area contributed by atoms with Gasteiger partial charge in [-0.25, -0.2) is 9.79 Å². The van der Waals surface area contributed by atoms with E-state index in [2.05, 4.69) is 4.99 Å². The highest BCUT2D eigenvalue weighted by atomic mass is 16.6. The molecular formula is C26H21NO4. The summed E-state index contributed by atoms with van der Waals surface area (Å²) in [6.45, 7) is 0.436. The first kappa shape index (κ1) is 20.2. The first-order chi connectivity index (χ1) is 15.2. The molecule has 0 unspecified atom stereocenters. The average molecular weight is 411 g/mol. The van der Waals surface area contributed by atoms with Crippen LogP contribution in [-0.2, 0) is 16.1 Å². The molecule has 0 aromatic heterocycles. The second-order valence-corrected chi connectivity index (χ2v) is 6.80. The molecule has 0 bridgehead atoms. The number of hydrogen-bond acceptors (Lipinski definition) is 5. The number of carbonyl (C=O) groups excluding carboxylic acids is 1. The summed E-state index contributed by atoms with van der Waals surface area (Å²) in [6.07, 6.45) is 5.18. The zero-order chi connectivity index (χ0) is 21.5. The summed E-state index contributed by atoms with van der Waals surface area (Å²) in [5.41, 5.74) is 3.05. The highest BCUT2D eigenvalue weighted by Crippen LogP contribution is 2.30. The van der Waals surface area contributed by atoms with Crippen molar-refractivity contribution in [2.45, 2.75) is 6.61 Å². The van der Waals surface area contributed by atoms with Crippen LogP contribution in [0, 0.1) is 0 Å². The monoisotopic (exact) mass is 411 g/mol. The van der Waals surface area contributed by atoms with Crippen LogP contribution in [-0.4, -0.2) is 19.0 Å². The van der Waals surface area contributed by atoms with E-state index < -0.39 is 5.97 Å². The number of aliphatic imine (C=N–C) groups is 1. The number of hydrogen-bond donors (Lipinski definition) is 0. The summed E-state index contributed by atoms with van der Waals surface area (Å²) in [5.74, 6) is 0.966. The molecule has 0 radical (unpaired) electrons. The van der Waals surface area contributed by atoms with Crippen LogP contribution in [0.15, 0.2) is 95.6 Å². The fourth-order valence-electron chi connectivity index (χ4n) is 3.01. The topological polar surface area (TPSA) is 57.1 Å². The molecule has 0 fully saturated rings. The molecule has 0 N–H and O–H groups in total. The molecule has 5 nitrogen and oxygen atoms in total. The molecule has 0 saturated carbocycles. The normalized spacial score (nSPS) is 14.5. The van der Waals surface area contributed by atoms with Crippen molar-refractivity contribution >= 4 is 24.0 Å². The first-order valence-electron chi connectivity index (χ1n) is 9.82. The number of cyclic esters (lactones) is 1. The van der Waals surface area contributed by atoms with Crippen molar-refractivity contribution < 1.29 is 19.0 Å². The highest BCUT2D eigenvalue weighted by Gasteiger charge is 2.21. The molecule has 1 aliphatic rings. The second kappa shape index (κ2) is 9.59. The van der Waals surface area contributed by atoms with Crippen LogP contribution in [0.3, 0.4) is 0 Å². The van der Waals surface area contributed by atoms with Gasteiger partial charge in [-0.05, 0) is 41.0 Å². The van der Waals surface area contributed by atoms with Crippen LogP contribution < -0.4 is 9.47 Å². The smallest absolute Gasteiger partial charge is 0.363 e. The fourth-order valence-corrected chi connectivity index (χ4v) is 3.01. The molecule has 5 heteroatoms. The molecule has 1 aliphatic heterocycles. The molecule has 1 heterocycles. The standard InChI is InChI=1S/C26H21NO4/c1-29-24-17-21(12-14-23(24)30-18-20-10-6-3-7-11-20)16-22-26(28)31-25(27-22)15-13-19-8-4-2-5-9-19/h2-17H,18H2,1H3/b15-13-,22-16-. The molecule has 0 amide bonds. The summed E-state index contributed by atoms with van der Waals surface area (Å²) < 4.78 is 16.6. The molecule has 31 heavy (non-hydrogen) atoms. The lowest BCUT2D eigenvalue weighted by molar-refractivity contribution is -0.129. The van der Waals surface area contributed by atoms with Gasteiger partial charge in [0.05, 0.1) is 7.11 Å². The number of nitrogens with zero attached hydrogens (tertiary/aromatic N) is 1. The predicted molar refractivity (Wildman–Crippen MR) is 121 cm³/mol. The lowest BCUT2D eigenvalue weighted by Crippen LogP contribution is -2.01. The molecule has 3 aromatic rings. The second-order valence-electron chi connectivity index (χ2n) is 6.80. The van der Waals surface area contributed by atoms with Crippen molar-refractivity contribution in [3.63, 3.8) is 0 Å². The number of ether oxygens (including phenoxy) is 3. The van der Waals surface area contributed by atoms with E-state index >= 15 is 0 Å². The van der Waals surface area contributed by atoms with Gasteiger partial charge in [0.25, 0.3) is 0 Å². The predicted octanol–water partition coefficient (Wildman–Crippen LogP) is 5.28. The van der Waals surface area contributed by atoms with Gasteiger partial charge in [-0.15, -0.1) is 0 Å². The summed E-state index contributed by atoms with van der Waals surface area (Å²) in [7, 11) is 1.58. The van der Waals surface area contributed by atoms with E-state index in [1.54, 1.807) is 25.3 Å². The summed E-state index contributed by atoms with van der Waals surface area (Å²) >= 11 is 0. The zero-order valence-corrected chi connectivity index (χ0v) is 17.0. The zero-order valence-electron chi connectivity index (χ0n) is 17.0. The number of methoxy groups -OCH3 is 1. The molecule has 4 rings (SSSR count). The quantitative estimate of drug-likeness (QED) is 0.392. The first-order valence-corrected chi connectivity index (χ1v) is 9.82. The minimum Gasteiger partial charge on any atom is -0.493 e. The average Bonchev–Trinajstić information content (AvgIpc) is 3.17. The van der Waals surface area contributed by atoms with Crippen LogP contribution in [0.4, 0.5) is 0 Å². The van der Waals surface area contributed by atoms with Gasteiger partial charge in [0.15, 0.2) is 17.2 Å². The van der Waals surface area contributed by atoms with Gasteiger partial charge in [0, 0.05) is 6.08 Å². The SMILES string of the molecule is COc1cc(/C=C2N=C(/C=C\c3ccccc3)OC\2=O)ccc1OCc1ccccc1. The molecule has 3 aromatic carbocycles. The Labute approximate surface area is 180 Å². The lowest BCUT2D eigenvalue weighted by Gasteiger charge is -2.11. The Bertz CT molecular complexity index is 1150. The van der Waals surface area contributed by atoms with Gasteiger partial charge < -0.3 is 14.2 Å². The third-order valence-corrected chi connectivity index (χ3v) is 4.58. The van der Waals surface area contributed by atoms with Crippen molar-refractivity contribution in [1.82, 2.24) is 0 Å².